The van der Waals surface area contributed by atoms with Crippen LogP contribution in [0.25, 0.3) is 5.65 Å². The number of benzene rings is 1. The van der Waals surface area contributed by atoms with Crippen LogP contribution in [-0.2, 0) is 21.4 Å². The Morgan fingerprint density at radius 2 is 1.93 bits per heavy atom. The van der Waals surface area contributed by atoms with E-state index in [4.69, 9.17) is 4.74 Å². The molecule has 9 nitrogen and oxygen atoms in total. The number of amides is 1. The van der Waals surface area contributed by atoms with E-state index in [1.807, 2.05) is 9.42 Å². The van der Waals surface area contributed by atoms with Crippen molar-refractivity contribution in [2.24, 2.45) is 0 Å². The molecule has 1 aromatic carbocycles. The van der Waals surface area contributed by atoms with Crippen molar-refractivity contribution in [3.63, 3.8) is 0 Å². The number of anilines is 1. The first kappa shape index (κ1) is 26.9. The Morgan fingerprint density at radius 1 is 1.17 bits per heavy atom. The van der Waals surface area contributed by atoms with E-state index in [2.05, 4.69) is 52.0 Å². The van der Waals surface area contributed by atoms with E-state index in [1.54, 1.807) is 18.5 Å². The predicted molar refractivity (Wildman–Crippen MR) is 155 cm³/mol. The average Bonchev–Trinajstić information content (AvgIpc) is 3.58. The number of rotatable bonds is 6. The highest BCUT2D eigenvalue weighted by Crippen LogP contribution is 2.42. The minimum absolute atomic E-state index is 0.119. The molecule has 4 aliphatic rings. The highest BCUT2D eigenvalue weighted by molar-refractivity contribution is 5.97. The number of carbonyl (C=O) groups excluding carboxylic acids is 1. The van der Waals surface area contributed by atoms with Crippen LogP contribution in [0.3, 0.4) is 0 Å². The number of morpholine rings is 1. The van der Waals surface area contributed by atoms with Crippen LogP contribution >= 0.6 is 0 Å². The van der Waals surface area contributed by atoms with Gasteiger partial charge in [0.1, 0.15) is 12.1 Å². The number of ether oxygens (including phenoxy) is 1. The van der Waals surface area contributed by atoms with E-state index in [1.165, 1.54) is 25.0 Å². The molecule has 41 heavy (non-hydrogen) atoms. The van der Waals surface area contributed by atoms with E-state index in [9.17, 15) is 9.18 Å². The second-order valence-electron chi connectivity index (χ2n) is 13.1. The van der Waals surface area contributed by atoms with Crippen molar-refractivity contribution in [2.75, 3.05) is 50.8 Å². The molecule has 3 saturated heterocycles. The van der Waals surface area contributed by atoms with Crippen molar-refractivity contribution in [3.8, 4) is 0 Å². The Balaban J connectivity index is 1.16. The fraction of sp³-hybridized carbons (Fsp3) is 0.581. The highest BCUT2D eigenvalue weighted by atomic mass is 19.1. The normalized spacial score (nSPS) is 28.0. The molecule has 1 N–H and O–H groups in total. The summed E-state index contributed by atoms with van der Waals surface area (Å²) in [5.41, 5.74) is 4.37. The van der Waals surface area contributed by atoms with Crippen LogP contribution in [-0.4, -0.2) is 100 Å². The number of carbonyl (C=O) groups is 1. The van der Waals surface area contributed by atoms with Crippen molar-refractivity contribution in [3.05, 3.63) is 59.3 Å². The molecular weight excluding hydrogens is 521 g/mol. The number of nitrogens with zero attached hydrogens (tertiary/aromatic N) is 6. The Labute approximate surface area is 240 Å². The van der Waals surface area contributed by atoms with E-state index in [0.29, 0.717) is 37.6 Å². The Bertz CT molecular complexity index is 1420. The number of halogens is 1. The molecule has 4 aliphatic heterocycles. The third kappa shape index (κ3) is 4.94. The van der Waals surface area contributed by atoms with Gasteiger partial charge in [0.05, 0.1) is 31.1 Å². The van der Waals surface area contributed by atoms with Crippen LogP contribution in [0.5, 0.6) is 0 Å². The molecule has 4 atom stereocenters. The number of aromatic nitrogens is 3. The first-order valence-electron chi connectivity index (χ1n) is 15.0. The first-order chi connectivity index (χ1) is 19.8. The molecule has 0 spiro atoms. The zero-order chi connectivity index (χ0) is 28.3. The quantitative estimate of drug-likeness (QED) is 0.496. The van der Waals surface area contributed by atoms with Crippen LogP contribution in [0.1, 0.15) is 50.4 Å². The summed E-state index contributed by atoms with van der Waals surface area (Å²) in [6, 6.07) is 10.3. The lowest BCUT2D eigenvalue weighted by atomic mass is 9.90. The zero-order valence-corrected chi connectivity index (χ0v) is 24.2. The topological polar surface area (TPSA) is 78.2 Å². The molecule has 7 rings (SSSR count). The van der Waals surface area contributed by atoms with Crippen LogP contribution in [0.4, 0.5) is 10.1 Å². The van der Waals surface area contributed by atoms with Gasteiger partial charge in [0.25, 0.3) is 0 Å². The summed E-state index contributed by atoms with van der Waals surface area (Å²) in [5.74, 6) is -0.135. The number of pyridine rings is 1. The van der Waals surface area contributed by atoms with Gasteiger partial charge in [0.15, 0.2) is 5.65 Å². The zero-order valence-electron chi connectivity index (χ0n) is 24.2. The minimum atomic E-state index is -0.283. The summed E-state index contributed by atoms with van der Waals surface area (Å²) < 4.78 is 21.3. The summed E-state index contributed by atoms with van der Waals surface area (Å²) in [6.07, 6.45) is 4.57. The maximum absolute atomic E-state index is 14.2. The molecule has 0 saturated carbocycles. The summed E-state index contributed by atoms with van der Waals surface area (Å²) in [6.45, 7) is 11.9. The molecule has 10 heteroatoms. The summed E-state index contributed by atoms with van der Waals surface area (Å²) in [4.78, 5) is 25.8. The maximum Gasteiger partial charge on any atom is 0.241 e. The Kier molecular flexibility index (Phi) is 6.84. The van der Waals surface area contributed by atoms with Gasteiger partial charge in [-0.25, -0.2) is 13.9 Å². The van der Waals surface area contributed by atoms with Gasteiger partial charge in [-0.2, -0.15) is 5.10 Å². The third-order valence-corrected chi connectivity index (χ3v) is 9.57. The maximum atomic E-state index is 14.2. The van der Waals surface area contributed by atoms with Crippen LogP contribution in [0.2, 0.25) is 0 Å². The monoisotopic (exact) mass is 561 g/mol. The van der Waals surface area contributed by atoms with Gasteiger partial charge in [-0.3, -0.25) is 14.6 Å². The molecule has 2 bridgehead atoms. The van der Waals surface area contributed by atoms with Crippen LogP contribution < -0.4 is 10.2 Å². The second-order valence-corrected chi connectivity index (χ2v) is 13.1. The molecule has 3 aromatic rings. The van der Waals surface area contributed by atoms with Crippen molar-refractivity contribution < 1.29 is 13.9 Å². The summed E-state index contributed by atoms with van der Waals surface area (Å²) in [5, 5.41) is 8.25. The van der Waals surface area contributed by atoms with Crippen molar-refractivity contribution in [1.82, 2.24) is 29.7 Å². The third-order valence-electron chi connectivity index (χ3n) is 9.57. The minimum Gasteiger partial charge on any atom is -0.378 e. The van der Waals surface area contributed by atoms with Crippen LogP contribution in [0.15, 0.2) is 36.7 Å². The summed E-state index contributed by atoms with van der Waals surface area (Å²) in [7, 11) is 0. The van der Waals surface area contributed by atoms with Crippen LogP contribution in [0, 0.1) is 5.82 Å². The second kappa shape index (κ2) is 10.4. The van der Waals surface area contributed by atoms with Gasteiger partial charge in [-0.15, -0.1) is 0 Å². The molecule has 0 radical (unpaired) electrons. The number of hydrogen-bond acceptors (Lipinski definition) is 7. The van der Waals surface area contributed by atoms with E-state index < -0.39 is 0 Å². The van der Waals surface area contributed by atoms with E-state index >= 15 is 0 Å². The van der Waals surface area contributed by atoms with E-state index in [-0.39, 0.29) is 23.2 Å². The lowest BCUT2D eigenvalue weighted by molar-refractivity contribution is -0.121. The predicted octanol–water partition coefficient (Wildman–Crippen LogP) is 2.61. The molecule has 2 aromatic heterocycles. The fourth-order valence-electron chi connectivity index (χ4n) is 7.52. The van der Waals surface area contributed by atoms with Gasteiger partial charge in [0, 0.05) is 67.7 Å². The Morgan fingerprint density at radius 3 is 2.68 bits per heavy atom. The number of piperazine rings is 1. The molecule has 6 heterocycles. The largest absolute Gasteiger partial charge is 0.378 e. The smallest absolute Gasteiger partial charge is 0.241 e. The van der Waals surface area contributed by atoms with Gasteiger partial charge in [-0.1, -0.05) is 26.0 Å². The van der Waals surface area contributed by atoms with Crippen molar-refractivity contribution >= 4 is 17.2 Å². The fourth-order valence-corrected chi connectivity index (χ4v) is 7.52. The number of fused-ring (bicyclic) bond motifs is 5. The number of hydrogen-bond donors (Lipinski definition) is 1. The van der Waals surface area contributed by atoms with Gasteiger partial charge >= 0.3 is 0 Å². The summed E-state index contributed by atoms with van der Waals surface area (Å²) >= 11 is 0. The molecule has 1 amide bonds. The van der Waals surface area contributed by atoms with Crippen molar-refractivity contribution in [2.45, 2.75) is 69.6 Å². The molecule has 218 valence electrons. The standard InChI is InChI=1S/C31H40FN7O2/c1-20-13-36(26(12-33-20)14-37-24-8-9-25(37)17-41-16-24)15-28(40)38-18-31(2,3)29-27(38)11-22(30-34-19-35-39(29)30)10-21-4-6-23(32)7-5-21/h4-7,11,19-20,24-26,33H,8-10,12-18H2,1-3H3/t20-,24?,25?,26+/m1/s1. The SMILES string of the molecule is C[C@@H]1CN(CC(=O)N2CC(C)(C)c3c2cc(Cc2ccc(F)cc2)c2ncnn32)[C@H](CN2C3CCC2COC3)CN1. The lowest BCUT2D eigenvalue weighted by Crippen LogP contribution is -2.62. The van der Waals surface area contributed by atoms with Gasteiger partial charge in [-0.05, 0) is 43.5 Å². The van der Waals surface area contributed by atoms with Gasteiger partial charge in [0.2, 0.25) is 5.91 Å². The van der Waals surface area contributed by atoms with Gasteiger partial charge < -0.3 is 15.0 Å². The molecule has 0 aliphatic carbocycles. The van der Waals surface area contributed by atoms with Crippen molar-refractivity contribution in [1.29, 1.82) is 0 Å². The molecular formula is C31H40FN7O2. The number of nitrogens with one attached hydrogen (secondary N) is 1. The molecule has 3 fully saturated rings. The molecule has 2 unspecified atom stereocenters. The van der Waals surface area contributed by atoms with E-state index in [0.717, 1.165) is 61.0 Å². The lowest BCUT2D eigenvalue weighted by Gasteiger charge is -2.44. The highest BCUT2D eigenvalue weighted by Gasteiger charge is 2.43. The Hall–Kier alpha value is -2.92. The first-order valence-corrected chi connectivity index (χ1v) is 15.0. The average molecular weight is 562 g/mol.